The maximum Gasteiger partial charge on any atom is 0.151 e. The minimum atomic E-state index is 0.489. The minimum Gasteiger partial charge on any atom is -0.382 e. The maximum absolute atomic E-state index is 6.01. The Morgan fingerprint density at radius 3 is 2.61 bits per heavy atom. The molecule has 0 atom stereocenters. The molecular formula is C17H21N5O. The number of aromatic nitrogens is 4. The Balaban J connectivity index is 1.76. The van der Waals surface area contributed by atoms with Gasteiger partial charge in [-0.1, -0.05) is 0 Å². The van der Waals surface area contributed by atoms with Gasteiger partial charge in [0.05, 0.1) is 18.7 Å². The molecule has 3 aromatic rings. The molecule has 23 heavy (non-hydrogen) atoms. The van der Waals surface area contributed by atoms with Gasteiger partial charge in [0.1, 0.15) is 11.3 Å². The molecule has 6 nitrogen and oxygen atoms in total. The molecule has 0 aromatic carbocycles. The molecule has 0 aliphatic rings. The van der Waals surface area contributed by atoms with Crippen LogP contribution in [0, 0.1) is 20.8 Å². The van der Waals surface area contributed by atoms with E-state index < -0.39 is 0 Å². The van der Waals surface area contributed by atoms with Crippen LogP contribution in [0.4, 0.5) is 5.82 Å². The number of ether oxygens (including phenoxy) is 1. The predicted octanol–water partition coefficient (Wildman–Crippen LogP) is 2.55. The number of fused-ring (bicyclic) bond motifs is 1. The SMILES string of the molecule is Cc1nc(N)c2nc(C)n(CCOCc3ccncc3)c2c1C. The lowest BCUT2D eigenvalue weighted by atomic mass is 10.2. The van der Waals surface area contributed by atoms with E-state index in [1.165, 1.54) is 0 Å². The van der Waals surface area contributed by atoms with Crippen LogP contribution < -0.4 is 5.73 Å². The fourth-order valence-electron chi connectivity index (χ4n) is 2.71. The van der Waals surface area contributed by atoms with Gasteiger partial charge in [-0.05, 0) is 44.0 Å². The summed E-state index contributed by atoms with van der Waals surface area (Å²) < 4.78 is 7.93. The van der Waals surface area contributed by atoms with E-state index in [4.69, 9.17) is 10.5 Å². The topological polar surface area (TPSA) is 78.8 Å². The number of nitrogens with two attached hydrogens (primary N) is 1. The highest BCUT2D eigenvalue weighted by Crippen LogP contribution is 2.25. The summed E-state index contributed by atoms with van der Waals surface area (Å²) in [5.41, 5.74) is 11.0. The zero-order chi connectivity index (χ0) is 16.4. The molecule has 0 amide bonds. The van der Waals surface area contributed by atoms with Crippen LogP contribution in [0.2, 0.25) is 0 Å². The lowest BCUT2D eigenvalue weighted by molar-refractivity contribution is 0.113. The van der Waals surface area contributed by atoms with Crippen LogP contribution in [0.15, 0.2) is 24.5 Å². The van der Waals surface area contributed by atoms with Crippen LogP contribution in [0.3, 0.4) is 0 Å². The summed E-state index contributed by atoms with van der Waals surface area (Å²) in [5.74, 6) is 1.41. The monoisotopic (exact) mass is 311 g/mol. The molecule has 0 saturated carbocycles. The van der Waals surface area contributed by atoms with Gasteiger partial charge < -0.3 is 15.0 Å². The van der Waals surface area contributed by atoms with Gasteiger partial charge in [-0.15, -0.1) is 0 Å². The van der Waals surface area contributed by atoms with E-state index in [1.54, 1.807) is 12.4 Å². The van der Waals surface area contributed by atoms with E-state index in [0.717, 1.165) is 40.2 Å². The molecule has 0 aliphatic carbocycles. The molecule has 6 heteroatoms. The van der Waals surface area contributed by atoms with Crippen LogP contribution in [0.1, 0.15) is 22.6 Å². The summed E-state index contributed by atoms with van der Waals surface area (Å²) in [6.45, 7) is 7.93. The summed E-state index contributed by atoms with van der Waals surface area (Å²) in [5, 5.41) is 0. The second-order valence-electron chi connectivity index (χ2n) is 5.62. The molecule has 0 spiro atoms. The summed E-state index contributed by atoms with van der Waals surface area (Å²) in [7, 11) is 0. The number of nitrogens with zero attached hydrogens (tertiary/aromatic N) is 4. The molecule has 0 aliphatic heterocycles. The fourth-order valence-corrected chi connectivity index (χ4v) is 2.71. The number of hydrogen-bond donors (Lipinski definition) is 1. The highest BCUT2D eigenvalue weighted by molar-refractivity contribution is 5.88. The van der Waals surface area contributed by atoms with E-state index in [-0.39, 0.29) is 0 Å². The van der Waals surface area contributed by atoms with Crippen LogP contribution >= 0.6 is 0 Å². The number of anilines is 1. The highest BCUT2D eigenvalue weighted by atomic mass is 16.5. The largest absolute Gasteiger partial charge is 0.382 e. The molecule has 0 bridgehead atoms. The van der Waals surface area contributed by atoms with Gasteiger partial charge >= 0.3 is 0 Å². The number of nitrogen functional groups attached to an aromatic ring is 1. The zero-order valence-corrected chi connectivity index (χ0v) is 13.7. The van der Waals surface area contributed by atoms with Crippen molar-refractivity contribution in [3.05, 3.63) is 47.2 Å². The number of rotatable bonds is 5. The molecule has 0 unspecified atom stereocenters. The Bertz CT molecular complexity index is 826. The van der Waals surface area contributed by atoms with Crippen molar-refractivity contribution >= 4 is 16.9 Å². The first-order valence-corrected chi connectivity index (χ1v) is 7.64. The van der Waals surface area contributed by atoms with E-state index in [1.807, 2.05) is 26.0 Å². The van der Waals surface area contributed by atoms with Gasteiger partial charge in [-0.2, -0.15) is 0 Å². The lowest BCUT2D eigenvalue weighted by Gasteiger charge is -2.11. The van der Waals surface area contributed by atoms with Crippen molar-refractivity contribution in [3.63, 3.8) is 0 Å². The van der Waals surface area contributed by atoms with Gasteiger partial charge in [0.25, 0.3) is 0 Å². The number of aryl methyl sites for hydroxylation is 3. The molecular weight excluding hydrogens is 290 g/mol. The summed E-state index contributed by atoms with van der Waals surface area (Å²) in [6, 6.07) is 3.91. The third kappa shape index (κ3) is 3.03. The van der Waals surface area contributed by atoms with Crippen LogP contribution in [-0.2, 0) is 17.9 Å². The molecule has 0 radical (unpaired) electrons. The summed E-state index contributed by atoms with van der Waals surface area (Å²) in [6.07, 6.45) is 3.54. The average molecular weight is 311 g/mol. The van der Waals surface area contributed by atoms with Crippen molar-refractivity contribution in [2.75, 3.05) is 12.3 Å². The Kier molecular flexibility index (Phi) is 4.25. The van der Waals surface area contributed by atoms with E-state index in [2.05, 4.69) is 26.4 Å². The second-order valence-corrected chi connectivity index (χ2v) is 5.62. The van der Waals surface area contributed by atoms with Crippen LogP contribution in [-0.4, -0.2) is 26.1 Å². The average Bonchev–Trinajstić information content (AvgIpc) is 2.88. The Hall–Kier alpha value is -2.47. The smallest absolute Gasteiger partial charge is 0.151 e. The van der Waals surface area contributed by atoms with E-state index in [9.17, 15) is 0 Å². The highest BCUT2D eigenvalue weighted by Gasteiger charge is 2.15. The maximum atomic E-state index is 6.01. The normalized spacial score (nSPS) is 11.3. The molecule has 0 fully saturated rings. The molecule has 3 rings (SSSR count). The van der Waals surface area contributed by atoms with Crippen molar-refractivity contribution in [2.45, 2.75) is 33.9 Å². The molecule has 2 N–H and O–H groups in total. The van der Waals surface area contributed by atoms with Gasteiger partial charge in [0.2, 0.25) is 0 Å². The second kappa shape index (κ2) is 6.34. The third-order valence-electron chi connectivity index (χ3n) is 4.06. The van der Waals surface area contributed by atoms with Crippen LogP contribution in [0.25, 0.3) is 11.0 Å². The number of pyridine rings is 2. The number of hydrogen-bond acceptors (Lipinski definition) is 5. The van der Waals surface area contributed by atoms with Crippen molar-refractivity contribution in [2.24, 2.45) is 0 Å². The molecule has 3 heterocycles. The van der Waals surface area contributed by atoms with Gasteiger partial charge in [-0.3, -0.25) is 4.98 Å². The number of imidazole rings is 1. The minimum absolute atomic E-state index is 0.489. The van der Waals surface area contributed by atoms with E-state index in [0.29, 0.717) is 19.0 Å². The Morgan fingerprint density at radius 1 is 1.13 bits per heavy atom. The summed E-state index contributed by atoms with van der Waals surface area (Å²) >= 11 is 0. The van der Waals surface area contributed by atoms with Gasteiger partial charge in [-0.25, -0.2) is 9.97 Å². The van der Waals surface area contributed by atoms with Crippen molar-refractivity contribution in [3.8, 4) is 0 Å². The fraction of sp³-hybridized carbons (Fsp3) is 0.353. The van der Waals surface area contributed by atoms with Crippen molar-refractivity contribution in [1.29, 1.82) is 0 Å². The first-order valence-electron chi connectivity index (χ1n) is 7.64. The Labute approximate surface area is 135 Å². The lowest BCUT2D eigenvalue weighted by Crippen LogP contribution is -2.09. The summed E-state index contributed by atoms with van der Waals surface area (Å²) in [4.78, 5) is 12.9. The van der Waals surface area contributed by atoms with E-state index >= 15 is 0 Å². The standard InChI is InChI=1S/C17H21N5O/c1-11-12(2)20-17(18)15-16(11)22(13(3)21-15)8-9-23-10-14-4-6-19-7-5-14/h4-7H,8-10H2,1-3H3,(H2,18,20). The molecule has 0 saturated heterocycles. The first-order chi connectivity index (χ1) is 11.1. The van der Waals surface area contributed by atoms with Gasteiger partial charge in [0.15, 0.2) is 5.82 Å². The van der Waals surface area contributed by atoms with Crippen molar-refractivity contribution < 1.29 is 4.74 Å². The molecule has 120 valence electrons. The van der Waals surface area contributed by atoms with Gasteiger partial charge in [0, 0.05) is 24.6 Å². The molecule has 3 aromatic heterocycles. The zero-order valence-electron chi connectivity index (χ0n) is 13.7. The van der Waals surface area contributed by atoms with Crippen LogP contribution in [0.5, 0.6) is 0 Å². The Morgan fingerprint density at radius 2 is 1.87 bits per heavy atom. The quantitative estimate of drug-likeness (QED) is 0.733. The predicted molar refractivity (Wildman–Crippen MR) is 90.0 cm³/mol. The van der Waals surface area contributed by atoms with Crippen molar-refractivity contribution in [1.82, 2.24) is 19.5 Å². The first kappa shape index (κ1) is 15.4. The third-order valence-corrected chi connectivity index (χ3v) is 4.06.